The first-order valence-electron chi connectivity index (χ1n) is 5.35. The fraction of sp³-hybridized carbons (Fsp3) is 0.333. The van der Waals surface area contributed by atoms with Crippen LogP contribution < -0.4 is 10.6 Å². The number of alkyl carbamates (subject to hydrolysis) is 1. The maximum Gasteiger partial charge on any atom is 0.413 e. The predicted octanol–water partition coefficient (Wildman–Crippen LogP) is 2.75. The van der Waals surface area contributed by atoms with Crippen LogP contribution >= 0.6 is 12.2 Å². The van der Waals surface area contributed by atoms with Crippen molar-refractivity contribution < 1.29 is 9.53 Å². The molecule has 0 aliphatic heterocycles. The Morgan fingerprint density at radius 1 is 1.41 bits per heavy atom. The van der Waals surface area contributed by atoms with Crippen molar-refractivity contribution in [3.8, 4) is 0 Å². The van der Waals surface area contributed by atoms with Crippen molar-refractivity contribution in [2.45, 2.75) is 20.8 Å². The Bertz CT molecular complexity index is 433. The molecule has 2 N–H and O–H groups in total. The van der Waals surface area contributed by atoms with E-state index in [4.69, 9.17) is 17.0 Å². The van der Waals surface area contributed by atoms with Crippen LogP contribution in [0.2, 0.25) is 0 Å². The van der Waals surface area contributed by atoms with Gasteiger partial charge in [-0.25, -0.2) is 4.79 Å². The molecule has 1 aromatic carbocycles. The molecule has 0 radical (unpaired) electrons. The molecule has 92 valence electrons. The molecule has 5 heteroatoms. The number of hydrogen-bond donors (Lipinski definition) is 2. The SMILES string of the molecule is CCOC(=O)NC(=S)Nc1ccc(C)cc1C. The Hall–Kier alpha value is -1.62. The highest BCUT2D eigenvalue weighted by molar-refractivity contribution is 7.80. The molecule has 0 atom stereocenters. The van der Waals surface area contributed by atoms with E-state index >= 15 is 0 Å². The summed E-state index contributed by atoms with van der Waals surface area (Å²) in [5.74, 6) is 0. The first-order chi connectivity index (χ1) is 8.02. The summed E-state index contributed by atoms with van der Waals surface area (Å²) in [5.41, 5.74) is 3.12. The van der Waals surface area contributed by atoms with Gasteiger partial charge in [0.15, 0.2) is 5.11 Å². The molecule has 0 heterocycles. The Balaban J connectivity index is 2.59. The lowest BCUT2D eigenvalue weighted by Crippen LogP contribution is -2.34. The number of benzene rings is 1. The van der Waals surface area contributed by atoms with Gasteiger partial charge in [-0.05, 0) is 44.6 Å². The topological polar surface area (TPSA) is 50.4 Å². The molecule has 17 heavy (non-hydrogen) atoms. The van der Waals surface area contributed by atoms with Crippen LogP contribution in [0.4, 0.5) is 10.5 Å². The van der Waals surface area contributed by atoms with E-state index in [9.17, 15) is 4.79 Å². The average Bonchev–Trinajstić information content (AvgIpc) is 2.22. The summed E-state index contributed by atoms with van der Waals surface area (Å²) in [7, 11) is 0. The fourth-order valence-corrected chi connectivity index (χ4v) is 1.56. The molecular formula is C12H16N2O2S. The molecule has 0 saturated heterocycles. The van der Waals surface area contributed by atoms with Crippen molar-refractivity contribution >= 4 is 29.1 Å². The van der Waals surface area contributed by atoms with Crippen LogP contribution in [0.15, 0.2) is 18.2 Å². The fourth-order valence-electron chi connectivity index (χ4n) is 1.37. The van der Waals surface area contributed by atoms with Crippen LogP contribution in [0.25, 0.3) is 0 Å². The van der Waals surface area contributed by atoms with Gasteiger partial charge in [0.05, 0.1) is 6.61 Å². The summed E-state index contributed by atoms with van der Waals surface area (Å²) in [4.78, 5) is 11.1. The molecule has 1 rings (SSSR count). The molecule has 0 aliphatic rings. The van der Waals surface area contributed by atoms with Crippen molar-refractivity contribution in [3.63, 3.8) is 0 Å². The van der Waals surface area contributed by atoms with E-state index in [1.807, 2.05) is 32.0 Å². The third-order valence-electron chi connectivity index (χ3n) is 2.12. The van der Waals surface area contributed by atoms with Crippen LogP contribution in [0.1, 0.15) is 18.1 Å². The van der Waals surface area contributed by atoms with Crippen molar-refractivity contribution in [1.82, 2.24) is 5.32 Å². The third kappa shape index (κ3) is 4.40. The van der Waals surface area contributed by atoms with Crippen molar-refractivity contribution in [1.29, 1.82) is 0 Å². The average molecular weight is 252 g/mol. The highest BCUT2D eigenvalue weighted by Gasteiger charge is 2.05. The quantitative estimate of drug-likeness (QED) is 0.795. The molecule has 0 unspecified atom stereocenters. The Morgan fingerprint density at radius 3 is 2.71 bits per heavy atom. The monoisotopic (exact) mass is 252 g/mol. The van der Waals surface area contributed by atoms with E-state index in [0.29, 0.717) is 6.61 Å². The number of rotatable bonds is 2. The Kier molecular flexibility index (Phi) is 4.90. The second kappa shape index (κ2) is 6.20. The predicted molar refractivity (Wildman–Crippen MR) is 72.3 cm³/mol. The van der Waals surface area contributed by atoms with Gasteiger partial charge in [-0.2, -0.15) is 0 Å². The minimum Gasteiger partial charge on any atom is -0.450 e. The van der Waals surface area contributed by atoms with Crippen LogP contribution in [0.3, 0.4) is 0 Å². The lowest BCUT2D eigenvalue weighted by atomic mass is 10.1. The van der Waals surface area contributed by atoms with Crippen molar-refractivity contribution in [2.75, 3.05) is 11.9 Å². The zero-order chi connectivity index (χ0) is 12.8. The van der Waals surface area contributed by atoms with E-state index < -0.39 is 6.09 Å². The number of carbonyl (C=O) groups is 1. The molecule has 0 spiro atoms. The standard InChI is InChI=1S/C12H16N2O2S/c1-4-16-12(15)14-11(17)13-10-6-5-8(2)7-9(10)3/h5-7H,4H2,1-3H3,(H2,13,14,15,17). The van der Waals surface area contributed by atoms with Gasteiger partial charge in [-0.15, -0.1) is 0 Å². The first kappa shape index (κ1) is 13.4. The molecule has 1 amide bonds. The number of amides is 1. The maximum atomic E-state index is 11.1. The summed E-state index contributed by atoms with van der Waals surface area (Å²) in [6.45, 7) is 6.05. The van der Waals surface area contributed by atoms with Gasteiger partial charge >= 0.3 is 6.09 Å². The molecule has 0 aromatic heterocycles. The largest absolute Gasteiger partial charge is 0.450 e. The number of aryl methyl sites for hydroxylation is 2. The minimum absolute atomic E-state index is 0.232. The summed E-state index contributed by atoms with van der Waals surface area (Å²) in [6, 6.07) is 5.93. The summed E-state index contributed by atoms with van der Waals surface area (Å²) < 4.78 is 4.72. The second-order valence-electron chi connectivity index (χ2n) is 3.62. The van der Waals surface area contributed by atoms with Gasteiger partial charge in [-0.1, -0.05) is 17.7 Å². The van der Waals surface area contributed by atoms with Gasteiger partial charge in [-0.3, -0.25) is 5.32 Å². The summed E-state index contributed by atoms with van der Waals surface area (Å²) >= 11 is 5.00. The molecule has 1 aromatic rings. The number of anilines is 1. The van der Waals surface area contributed by atoms with Gasteiger partial charge in [0.25, 0.3) is 0 Å². The van der Waals surface area contributed by atoms with E-state index in [1.54, 1.807) is 6.92 Å². The molecular weight excluding hydrogens is 236 g/mol. The summed E-state index contributed by atoms with van der Waals surface area (Å²) in [5, 5.41) is 5.61. The molecule has 0 fully saturated rings. The number of nitrogens with one attached hydrogen (secondary N) is 2. The van der Waals surface area contributed by atoms with E-state index in [1.165, 1.54) is 5.56 Å². The number of thiocarbonyl (C=S) groups is 1. The van der Waals surface area contributed by atoms with E-state index in [0.717, 1.165) is 11.3 Å². The number of hydrogen-bond acceptors (Lipinski definition) is 3. The Labute approximate surface area is 106 Å². The normalized spacial score (nSPS) is 9.59. The maximum absolute atomic E-state index is 11.1. The molecule has 0 aliphatic carbocycles. The zero-order valence-corrected chi connectivity index (χ0v) is 11.0. The van der Waals surface area contributed by atoms with E-state index in [2.05, 4.69) is 10.6 Å². The number of carbonyl (C=O) groups excluding carboxylic acids is 1. The van der Waals surface area contributed by atoms with Gasteiger partial charge in [0.1, 0.15) is 0 Å². The second-order valence-corrected chi connectivity index (χ2v) is 4.03. The highest BCUT2D eigenvalue weighted by atomic mass is 32.1. The highest BCUT2D eigenvalue weighted by Crippen LogP contribution is 2.15. The van der Waals surface area contributed by atoms with Crippen LogP contribution in [0, 0.1) is 13.8 Å². The van der Waals surface area contributed by atoms with Crippen LogP contribution in [0.5, 0.6) is 0 Å². The first-order valence-corrected chi connectivity index (χ1v) is 5.75. The Morgan fingerprint density at radius 2 is 2.12 bits per heavy atom. The van der Waals surface area contributed by atoms with Crippen molar-refractivity contribution in [3.05, 3.63) is 29.3 Å². The zero-order valence-electron chi connectivity index (χ0n) is 10.2. The lowest BCUT2D eigenvalue weighted by molar-refractivity contribution is 0.158. The van der Waals surface area contributed by atoms with Gasteiger partial charge in [0, 0.05) is 5.69 Å². The molecule has 0 saturated carbocycles. The van der Waals surface area contributed by atoms with E-state index in [-0.39, 0.29) is 5.11 Å². The van der Waals surface area contributed by atoms with Gasteiger partial charge < -0.3 is 10.1 Å². The summed E-state index contributed by atoms with van der Waals surface area (Å²) in [6.07, 6.45) is -0.547. The number of ether oxygens (including phenoxy) is 1. The lowest BCUT2D eigenvalue weighted by Gasteiger charge is -2.11. The third-order valence-corrected chi connectivity index (χ3v) is 2.33. The van der Waals surface area contributed by atoms with Crippen LogP contribution in [-0.4, -0.2) is 17.8 Å². The van der Waals surface area contributed by atoms with Crippen molar-refractivity contribution in [2.24, 2.45) is 0 Å². The molecule has 0 bridgehead atoms. The smallest absolute Gasteiger partial charge is 0.413 e. The van der Waals surface area contributed by atoms with Crippen LogP contribution in [-0.2, 0) is 4.74 Å². The molecule has 4 nitrogen and oxygen atoms in total. The minimum atomic E-state index is -0.547. The van der Waals surface area contributed by atoms with Gasteiger partial charge in [0.2, 0.25) is 0 Å².